The first-order valence-electron chi connectivity index (χ1n) is 5.98. The Labute approximate surface area is 114 Å². The molecule has 1 aliphatic heterocycles. The predicted octanol–water partition coefficient (Wildman–Crippen LogP) is 2.74. The second kappa shape index (κ2) is 6.29. The Morgan fingerprint density at radius 3 is 2.83 bits per heavy atom. The lowest BCUT2D eigenvalue weighted by Gasteiger charge is -2.22. The van der Waals surface area contributed by atoms with Gasteiger partial charge in [0.25, 0.3) is 5.91 Å². The number of nitrogens with one attached hydrogen (secondary N) is 1. The van der Waals surface area contributed by atoms with Crippen LogP contribution in [0.2, 0.25) is 0 Å². The summed E-state index contributed by atoms with van der Waals surface area (Å²) in [6.07, 6.45) is 1.96. The molecule has 1 aromatic rings. The van der Waals surface area contributed by atoms with Gasteiger partial charge in [-0.05, 0) is 52.9 Å². The van der Waals surface area contributed by atoms with Gasteiger partial charge in [-0.25, -0.2) is 4.39 Å². The molecule has 0 bridgehead atoms. The van der Waals surface area contributed by atoms with Crippen molar-refractivity contribution < 1.29 is 13.9 Å². The second-order valence-electron chi connectivity index (χ2n) is 4.39. The maximum atomic E-state index is 13.0. The van der Waals surface area contributed by atoms with Gasteiger partial charge in [-0.2, -0.15) is 0 Å². The summed E-state index contributed by atoms with van der Waals surface area (Å²) in [6, 6.07) is 4.27. The first-order valence-corrected chi connectivity index (χ1v) is 6.77. The molecular formula is C13H15BrFNO2. The molecular weight excluding hydrogens is 301 g/mol. The van der Waals surface area contributed by atoms with Crippen LogP contribution in [0.25, 0.3) is 0 Å². The molecule has 5 heteroatoms. The van der Waals surface area contributed by atoms with E-state index in [0.717, 1.165) is 26.1 Å². The number of carbonyl (C=O) groups is 1. The minimum absolute atomic E-state index is 0.165. The highest BCUT2D eigenvalue weighted by atomic mass is 79.9. The minimum Gasteiger partial charge on any atom is -0.381 e. The standard InChI is InChI=1S/C13H15BrFNO2/c14-11-7-10(1-2-12(11)15)13(17)16-8-9-3-5-18-6-4-9/h1-2,7,9H,3-6,8H2,(H,16,17). The largest absolute Gasteiger partial charge is 0.381 e. The van der Waals surface area contributed by atoms with Crippen molar-refractivity contribution in [3.8, 4) is 0 Å². The Balaban J connectivity index is 1.88. The summed E-state index contributed by atoms with van der Waals surface area (Å²) in [5.74, 6) is -0.0511. The van der Waals surface area contributed by atoms with E-state index in [4.69, 9.17) is 4.74 Å². The monoisotopic (exact) mass is 315 g/mol. The number of ether oxygens (including phenoxy) is 1. The first-order chi connectivity index (χ1) is 8.66. The van der Waals surface area contributed by atoms with Crippen LogP contribution in [0.1, 0.15) is 23.2 Å². The Kier molecular flexibility index (Phi) is 4.72. The lowest BCUT2D eigenvalue weighted by molar-refractivity contribution is 0.0642. The van der Waals surface area contributed by atoms with Gasteiger partial charge in [-0.3, -0.25) is 4.79 Å². The van der Waals surface area contributed by atoms with E-state index in [2.05, 4.69) is 21.2 Å². The molecule has 1 amide bonds. The van der Waals surface area contributed by atoms with Crippen molar-refractivity contribution in [1.29, 1.82) is 0 Å². The van der Waals surface area contributed by atoms with E-state index in [1.807, 2.05) is 0 Å². The van der Waals surface area contributed by atoms with Crippen molar-refractivity contribution in [1.82, 2.24) is 5.32 Å². The fraction of sp³-hybridized carbons (Fsp3) is 0.462. The van der Waals surface area contributed by atoms with Gasteiger partial charge in [0.1, 0.15) is 5.82 Å². The fourth-order valence-corrected chi connectivity index (χ4v) is 2.31. The van der Waals surface area contributed by atoms with Gasteiger partial charge >= 0.3 is 0 Å². The van der Waals surface area contributed by atoms with E-state index in [0.29, 0.717) is 22.5 Å². The number of hydrogen-bond donors (Lipinski definition) is 1. The third kappa shape index (κ3) is 3.53. The summed E-state index contributed by atoms with van der Waals surface area (Å²) in [4.78, 5) is 11.9. The van der Waals surface area contributed by atoms with E-state index in [-0.39, 0.29) is 11.7 Å². The normalized spacial score (nSPS) is 16.6. The Hall–Kier alpha value is -0.940. The third-order valence-corrected chi connectivity index (χ3v) is 3.68. The van der Waals surface area contributed by atoms with Crippen LogP contribution < -0.4 is 5.32 Å². The van der Waals surface area contributed by atoms with Crippen molar-refractivity contribution in [2.24, 2.45) is 5.92 Å². The summed E-state index contributed by atoms with van der Waals surface area (Å²) < 4.78 is 18.6. The van der Waals surface area contributed by atoms with Crippen molar-refractivity contribution in [2.45, 2.75) is 12.8 Å². The Morgan fingerprint density at radius 1 is 1.44 bits per heavy atom. The molecule has 2 rings (SSSR count). The van der Waals surface area contributed by atoms with Crippen molar-refractivity contribution in [3.05, 3.63) is 34.1 Å². The number of carbonyl (C=O) groups excluding carboxylic acids is 1. The van der Waals surface area contributed by atoms with E-state index >= 15 is 0 Å². The molecule has 0 radical (unpaired) electrons. The molecule has 0 atom stereocenters. The van der Waals surface area contributed by atoms with Crippen LogP contribution >= 0.6 is 15.9 Å². The quantitative estimate of drug-likeness (QED) is 0.931. The van der Waals surface area contributed by atoms with E-state index in [1.54, 1.807) is 0 Å². The molecule has 1 fully saturated rings. The van der Waals surface area contributed by atoms with Crippen molar-refractivity contribution in [3.63, 3.8) is 0 Å². The number of amides is 1. The second-order valence-corrected chi connectivity index (χ2v) is 5.25. The maximum Gasteiger partial charge on any atom is 0.251 e. The summed E-state index contributed by atoms with van der Waals surface area (Å²) in [5.41, 5.74) is 0.468. The van der Waals surface area contributed by atoms with Gasteiger partial charge in [-0.1, -0.05) is 0 Å². The van der Waals surface area contributed by atoms with Gasteiger partial charge in [0.05, 0.1) is 4.47 Å². The van der Waals surface area contributed by atoms with Crippen LogP contribution in [0.4, 0.5) is 4.39 Å². The summed E-state index contributed by atoms with van der Waals surface area (Å²) >= 11 is 3.07. The molecule has 0 unspecified atom stereocenters. The lowest BCUT2D eigenvalue weighted by atomic mass is 10.0. The summed E-state index contributed by atoms with van der Waals surface area (Å²) in [7, 11) is 0. The molecule has 1 aromatic carbocycles. The zero-order valence-corrected chi connectivity index (χ0v) is 11.5. The molecule has 1 aliphatic rings. The molecule has 0 saturated carbocycles. The minimum atomic E-state index is -0.365. The number of halogens is 2. The molecule has 98 valence electrons. The smallest absolute Gasteiger partial charge is 0.251 e. The van der Waals surface area contributed by atoms with E-state index < -0.39 is 0 Å². The zero-order valence-electron chi connectivity index (χ0n) is 9.92. The van der Waals surface area contributed by atoms with Crippen LogP contribution in [-0.4, -0.2) is 25.7 Å². The molecule has 0 spiro atoms. The molecule has 1 N–H and O–H groups in total. The number of benzene rings is 1. The lowest BCUT2D eigenvalue weighted by Crippen LogP contribution is -2.32. The maximum absolute atomic E-state index is 13.0. The van der Waals surface area contributed by atoms with Gasteiger partial charge in [0.2, 0.25) is 0 Å². The summed E-state index contributed by atoms with van der Waals surface area (Å²) in [6.45, 7) is 2.18. The van der Waals surface area contributed by atoms with Crippen LogP contribution in [0.5, 0.6) is 0 Å². The molecule has 18 heavy (non-hydrogen) atoms. The van der Waals surface area contributed by atoms with Gasteiger partial charge in [0.15, 0.2) is 0 Å². The zero-order chi connectivity index (χ0) is 13.0. The van der Waals surface area contributed by atoms with Crippen LogP contribution in [-0.2, 0) is 4.74 Å². The highest BCUT2D eigenvalue weighted by molar-refractivity contribution is 9.10. The SMILES string of the molecule is O=C(NCC1CCOCC1)c1ccc(F)c(Br)c1. The molecule has 1 saturated heterocycles. The number of hydrogen-bond acceptors (Lipinski definition) is 2. The van der Waals surface area contributed by atoms with Crippen LogP contribution in [0.3, 0.4) is 0 Å². The third-order valence-electron chi connectivity index (χ3n) is 3.07. The molecule has 0 aromatic heterocycles. The average molecular weight is 316 g/mol. The van der Waals surface area contributed by atoms with Gasteiger partial charge in [0, 0.05) is 25.3 Å². The van der Waals surface area contributed by atoms with Gasteiger partial charge < -0.3 is 10.1 Å². The molecule has 3 nitrogen and oxygen atoms in total. The topological polar surface area (TPSA) is 38.3 Å². The predicted molar refractivity (Wildman–Crippen MR) is 70.0 cm³/mol. The van der Waals surface area contributed by atoms with Crippen molar-refractivity contribution >= 4 is 21.8 Å². The summed E-state index contributed by atoms with van der Waals surface area (Å²) in [5, 5.41) is 2.88. The number of rotatable bonds is 3. The Morgan fingerprint density at radius 2 is 2.17 bits per heavy atom. The highest BCUT2D eigenvalue weighted by Crippen LogP contribution is 2.17. The van der Waals surface area contributed by atoms with Crippen LogP contribution in [0.15, 0.2) is 22.7 Å². The molecule has 1 heterocycles. The Bertz CT molecular complexity index is 433. The van der Waals surface area contributed by atoms with Crippen molar-refractivity contribution in [2.75, 3.05) is 19.8 Å². The average Bonchev–Trinajstić information content (AvgIpc) is 2.40. The van der Waals surface area contributed by atoms with E-state index in [1.165, 1.54) is 18.2 Å². The highest BCUT2D eigenvalue weighted by Gasteiger charge is 2.15. The van der Waals surface area contributed by atoms with E-state index in [9.17, 15) is 9.18 Å². The first kappa shape index (κ1) is 13.5. The van der Waals surface area contributed by atoms with Gasteiger partial charge in [-0.15, -0.1) is 0 Å². The fourth-order valence-electron chi connectivity index (χ4n) is 1.93. The molecule has 0 aliphatic carbocycles. The van der Waals surface area contributed by atoms with Crippen LogP contribution in [0, 0.1) is 11.7 Å².